The minimum atomic E-state index is 0.497. The predicted molar refractivity (Wildman–Crippen MR) is 82.4 cm³/mol. The fourth-order valence-corrected chi connectivity index (χ4v) is 2.80. The molecule has 0 aliphatic rings. The topological polar surface area (TPSA) is 69.2 Å². The van der Waals surface area contributed by atoms with Gasteiger partial charge < -0.3 is 14.8 Å². The van der Waals surface area contributed by atoms with Gasteiger partial charge in [-0.25, -0.2) is 4.98 Å². The van der Waals surface area contributed by atoms with Crippen molar-refractivity contribution in [3.05, 3.63) is 22.7 Å². The van der Waals surface area contributed by atoms with Gasteiger partial charge in [0.05, 0.1) is 19.4 Å². The highest BCUT2D eigenvalue weighted by Gasteiger charge is 2.13. The average Bonchev–Trinajstić information content (AvgIpc) is 2.91. The van der Waals surface area contributed by atoms with E-state index >= 15 is 0 Å². The zero-order chi connectivity index (χ0) is 15.1. The van der Waals surface area contributed by atoms with Gasteiger partial charge in [-0.2, -0.15) is 0 Å². The van der Waals surface area contributed by atoms with Crippen LogP contribution in [0.15, 0.2) is 12.1 Å². The van der Waals surface area contributed by atoms with Gasteiger partial charge in [-0.15, -0.1) is 21.5 Å². The monoisotopic (exact) mass is 308 g/mol. The number of hydrogen-bond donors (Lipinski definition) is 1. The van der Waals surface area contributed by atoms with Gasteiger partial charge in [0.15, 0.2) is 0 Å². The molecule has 0 fully saturated rings. The number of ether oxygens (including phenoxy) is 2. The summed E-state index contributed by atoms with van der Waals surface area (Å²) in [5.41, 5.74) is 1.71. The predicted octanol–water partition coefficient (Wildman–Crippen LogP) is 2.25. The van der Waals surface area contributed by atoms with Crippen molar-refractivity contribution in [2.45, 2.75) is 26.5 Å². The summed E-state index contributed by atoms with van der Waals surface area (Å²) in [4.78, 5) is 5.79. The molecule has 2 aromatic heterocycles. The molecule has 2 heterocycles. The first-order chi connectivity index (χ1) is 10.3. The molecule has 0 aliphatic carbocycles. The summed E-state index contributed by atoms with van der Waals surface area (Å²) < 4.78 is 10.2. The van der Waals surface area contributed by atoms with Crippen LogP contribution in [-0.2, 0) is 17.9 Å². The molecule has 0 aromatic carbocycles. The molecule has 2 rings (SSSR count). The highest BCUT2D eigenvalue weighted by Crippen LogP contribution is 2.27. The van der Waals surface area contributed by atoms with Crippen LogP contribution in [0.4, 0.5) is 0 Å². The number of nitrogens with one attached hydrogen (secondary N) is 1. The van der Waals surface area contributed by atoms with Gasteiger partial charge in [0.1, 0.15) is 10.7 Å². The zero-order valence-electron chi connectivity index (χ0n) is 12.5. The first-order valence-electron chi connectivity index (χ1n) is 6.84. The van der Waals surface area contributed by atoms with Crippen molar-refractivity contribution >= 4 is 11.3 Å². The van der Waals surface area contributed by atoms with Crippen LogP contribution in [0.25, 0.3) is 10.7 Å². The smallest absolute Gasteiger partial charge is 0.233 e. The highest BCUT2D eigenvalue weighted by molar-refractivity contribution is 7.15. The molecule has 0 spiro atoms. The third-order valence-electron chi connectivity index (χ3n) is 2.84. The number of hydrogen-bond acceptors (Lipinski definition) is 7. The van der Waals surface area contributed by atoms with Gasteiger partial charge in [0.2, 0.25) is 5.88 Å². The van der Waals surface area contributed by atoms with E-state index in [4.69, 9.17) is 9.47 Å². The number of aromatic nitrogens is 3. The minimum Gasteiger partial charge on any atom is -0.480 e. The number of rotatable bonds is 8. The van der Waals surface area contributed by atoms with E-state index in [0.29, 0.717) is 12.5 Å². The average molecular weight is 308 g/mol. The summed E-state index contributed by atoms with van der Waals surface area (Å²) in [5.74, 6) is 0.497. The molecule has 0 amide bonds. The summed E-state index contributed by atoms with van der Waals surface area (Å²) in [6.07, 6.45) is 1.11. The van der Waals surface area contributed by atoms with E-state index in [-0.39, 0.29) is 0 Å². The van der Waals surface area contributed by atoms with E-state index in [0.717, 1.165) is 35.9 Å². The second-order valence-corrected chi connectivity index (χ2v) is 5.54. The Morgan fingerprint density at radius 1 is 1.24 bits per heavy atom. The Bertz CT molecular complexity index is 557. The maximum atomic E-state index is 5.22. The Morgan fingerprint density at radius 3 is 2.71 bits per heavy atom. The Morgan fingerprint density at radius 2 is 2.10 bits per heavy atom. The maximum absolute atomic E-state index is 5.22. The van der Waals surface area contributed by atoms with Crippen LogP contribution in [-0.4, -0.2) is 35.9 Å². The fraction of sp³-hybridized carbons (Fsp3) is 0.500. The molecular weight excluding hydrogens is 288 g/mol. The number of thiazole rings is 1. The summed E-state index contributed by atoms with van der Waals surface area (Å²) in [6.45, 7) is 4.44. The van der Waals surface area contributed by atoms with Crippen LogP contribution in [0.5, 0.6) is 5.88 Å². The minimum absolute atomic E-state index is 0.497. The lowest BCUT2D eigenvalue weighted by Gasteiger charge is -2.02. The van der Waals surface area contributed by atoms with Crippen LogP contribution in [0.3, 0.4) is 0 Å². The molecule has 0 saturated carbocycles. The second-order valence-electron chi connectivity index (χ2n) is 4.46. The van der Waals surface area contributed by atoms with Gasteiger partial charge in [0, 0.05) is 24.6 Å². The van der Waals surface area contributed by atoms with Crippen molar-refractivity contribution in [2.75, 3.05) is 20.8 Å². The SMILES string of the molecule is CCCNCc1sc(-c2ccc(OC)nn2)nc1COC. The first kappa shape index (κ1) is 15.8. The fourth-order valence-electron chi connectivity index (χ4n) is 1.80. The van der Waals surface area contributed by atoms with Gasteiger partial charge >= 0.3 is 0 Å². The van der Waals surface area contributed by atoms with E-state index in [2.05, 4.69) is 27.4 Å². The van der Waals surface area contributed by atoms with Crippen molar-refractivity contribution < 1.29 is 9.47 Å². The van der Waals surface area contributed by atoms with Crippen LogP contribution < -0.4 is 10.1 Å². The summed E-state index contributed by atoms with van der Waals surface area (Å²) >= 11 is 1.62. The summed E-state index contributed by atoms with van der Waals surface area (Å²) in [6, 6.07) is 3.65. The normalized spacial score (nSPS) is 10.8. The van der Waals surface area contributed by atoms with Crippen molar-refractivity contribution in [1.82, 2.24) is 20.5 Å². The van der Waals surface area contributed by atoms with E-state index in [9.17, 15) is 0 Å². The zero-order valence-corrected chi connectivity index (χ0v) is 13.4. The second kappa shape index (κ2) is 8.02. The molecule has 6 nitrogen and oxygen atoms in total. The van der Waals surface area contributed by atoms with Crippen LogP contribution in [0, 0.1) is 0 Å². The lowest BCUT2D eigenvalue weighted by Crippen LogP contribution is -2.14. The third-order valence-corrected chi connectivity index (χ3v) is 3.96. The van der Waals surface area contributed by atoms with Crippen LogP contribution in [0.2, 0.25) is 0 Å². The molecule has 7 heteroatoms. The van der Waals surface area contributed by atoms with Gasteiger partial charge in [-0.1, -0.05) is 6.92 Å². The third kappa shape index (κ3) is 4.20. The molecule has 1 N–H and O–H groups in total. The van der Waals surface area contributed by atoms with E-state index in [1.807, 2.05) is 6.07 Å². The van der Waals surface area contributed by atoms with Gasteiger partial charge in [-0.3, -0.25) is 0 Å². The Balaban J connectivity index is 2.20. The largest absolute Gasteiger partial charge is 0.480 e. The van der Waals surface area contributed by atoms with Crippen LogP contribution >= 0.6 is 11.3 Å². The van der Waals surface area contributed by atoms with Crippen molar-refractivity contribution in [3.63, 3.8) is 0 Å². The maximum Gasteiger partial charge on any atom is 0.233 e. The highest BCUT2D eigenvalue weighted by atomic mass is 32.1. The molecule has 0 radical (unpaired) electrons. The molecule has 2 aromatic rings. The summed E-state index contributed by atoms with van der Waals surface area (Å²) in [7, 11) is 3.25. The Hall–Kier alpha value is -1.57. The molecule has 21 heavy (non-hydrogen) atoms. The Kier molecular flexibility index (Phi) is 6.04. The molecule has 114 valence electrons. The lowest BCUT2D eigenvalue weighted by atomic mass is 10.3. The van der Waals surface area contributed by atoms with Crippen molar-refractivity contribution in [3.8, 4) is 16.6 Å². The molecule has 0 saturated heterocycles. The molecule has 0 atom stereocenters. The quantitative estimate of drug-likeness (QED) is 0.754. The number of methoxy groups -OCH3 is 2. The standard InChI is InChI=1S/C14H20N4O2S/c1-4-7-15-8-12-11(9-19-2)16-14(21-12)10-5-6-13(20-3)18-17-10/h5-6,15H,4,7-9H2,1-3H3. The van der Waals surface area contributed by atoms with Crippen molar-refractivity contribution in [2.24, 2.45) is 0 Å². The molecule has 0 aliphatic heterocycles. The number of nitrogens with zero attached hydrogens (tertiary/aromatic N) is 3. The van der Waals surface area contributed by atoms with Gasteiger partial charge in [-0.05, 0) is 19.0 Å². The van der Waals surface area contributed by atoms with E-state index < -0.39 is 0 Å². The van der Waals surface area contributed by atoms with Crippen LogP contribution in [0.1, 0.15) is 23.9 Å². The van der Waals surface area contributed by atoms with E-state index in [1.54, 1.807) is 31.6 Å². The van der Waals surface area contributed by atoms with E-state index in [1.165, 1.54) is 4.88 Å². The summed E-state index contributed by atoms with van der Waals surface area (Å²) in [5, 5.41) is 12.4. The van der Waals surface area contributed by atoms with Gasteiger partial charge in [0.25, 0.3) is 0 Å². The molecule has 0 bridgehead atoms. The van der Waals surface area contributed by atoms with Crippen molar-refractivity contribution in [1.29, 1.82) is 0 Å². The molecule has 0 unspecified atom stereocenters. The lowest BCUT2D eigenvalue weighted by molar-refractivity contribution is 0.181. The molecular formula is C14H20N4O2S. The first-order valence-corrected chi connectivity index (χ1v) is 7.66. The Labute approximate surface area is 128 Å².